The molecule has 1 aromatic rings. The summed E-state index contributed by atoms with van der Waals surface area (Å²) >= 11 is 6.51. The van der Waals surface area contributed by atoms with Gasteiger partial charge < -0.3 is 14.2 Å². The highest BCUT2D eigenvalue weighted by molar-refractivity contribution is 8.26. The molecule has 1 aliphatic heterocycles. The van der Waals surface area contributed by atoms with E-state index < -0.39 is 0 Å². The SMILES string of the molecule is COC(=O)CCCN1C(=O)/C(=C/c2cc(OC)ccc2OC)SC1=S. The van der Waals surface area contributed by atoms with Crippen molar-refractivity contribution in [2.24, 2.45) is 0 Å². The monoisotopic (exact) mass is 381 g/mol. The van der Waals surface area contributed by atoms with Gasteiger partial charge >= 0.3 is 5.97 Å². The average molecular weight is 381 g/mol. The molecule has 0 saturated carbocycles. The molecule has 25 heavy (non-hydrogen) atoms. The first-order valence-corrected chi connectivity index (χ1v) is 8.76. The van der Waals surface area contributed by atoms with Gasteiger partial charge in [-0.25, -0.2) is 0 Å². The summed E-state index contributed by atoms with van der Waals surface area (Å²) in [5.41, 5.74) is 0.733. The first-order valence-electron chi connectivity index (χ1n) is 7.54. The summed E-state index contributed by atoms with van der Waals surface area (Å²) in [5.74, 6) is 0.823. The van der Waals surface area contributed by atoms with Crippen molar-refractivity contribution in [3.8, 4) is 11.5 Å². The van der Waals surface area contributed by atoms with Gasteiger partial charge in [0.25, 0.3) is 5.91 Å². The summed E-state index contributed by atoms with van der Waals surface area (Å²) in [4.78, 5) is 25.8. The van der Waals surface area contributed by atoms with Crippen molar-refractivity contribution in [2.75, 3.05) is 27.9 Å². The summed E-state index contributed by atoms with van der Waals surface area (Å²) in [6, 6.07) is 5.36. The molecule has 0 aliphatic carbocycles. The lowest BCUT2D eigenvalue weighted by Crippen LogP contribution is -2.29. The smallest absolute Gasteiger partial charge is 0.305 e. The van der Waals surface area contributed by atoms with Crippen LogP contribution in [0.4, 0.5) is 0 Å². The molecule has 8 heteroatoms. The lowest BCUT2D eigenvalue weighted by molar-refractivity contribution is -0.141. The molecule has 0 aromatic heterocycles. The van der Waals surface area contributed by atoms with Gasteiger partial charge in [0, 0.05) is 18.5 Å². The number of hydrogen-bond acceptors (Lipinski definition) is 7. The van der Waals surface area contributed by atoms with Crippen LogP contribution in [0.3, 0.4) is 0 Å². The van der Waals surface area contributed by atoms with Crippen LogP contribution in [0.2, 0.25) is 0 Å². The van der Waals surface area contributed by atoms with Crippen LogP contribution in [0.1, 0.15) is 18.4 Å². The fourth-order valence-corrected chi connectivity index (χ4v) is 3.57. The lowest BCUT2D eigenvalue weighted by Gasteiger charge is -2.13. The highest BCUT2D eigenvalue weighted by atomic mass is 32.2. The van der Waals surface area contributed by atoms with Gasteiger partial charge in [-0.3, -0.25) is 14.5 Å². The van der Waals surface area contributed by atoms with E-state index in [4.69, 9.17) is 21.7 Å². The van der Waals surface area contributed by atoms with E-state index in [0.29, 0.717) is 33.7 Å². The summed E-state index contributed by atoms with van der Waals surface area (Å²) in [6.07, 6.45) is 2.48. The number of rotatable bonds is 7. The normalized spacial score (nSPS) is 15.6. The van der Waals surface area contributed by atoms with E-state index in [0.717, 1.165) is 5.56 Å². The Labute approximate surface area is 156 Å². The number of ether oxygens (including phenoxy) is 3. The van der Waals surface area contributed by atoms with E-state index in [1.807, 2.05) is 0 Å². The van der Waals surface area contributed by atoms with Crippen LogP contribution in [0.15, 0.2) is 23.1 Å². The Kier molecular flexibility index (Phi) is 6.83. The number of thiocarbonyl (C=S) groups is 1. The quantitative estimate of drug-likeness (QED) is 0.409. The maximum atomic E-state index is 12.6. The summed E-state index contributed by atoms with van der Waals surface area (Å²) in [7, 11) is 4.48. The number of thioether (sulfide) groups is 1. The first kappa shape index (κ1) is 19.3. The molecule has 0 atom stereocenters. The molecule has 0 radical (unpaired) electrons. The Balaban J connectivity index is 2.15. The van der Waals surface area contributed by atoms with Crippen molar-refractivity contribution in [1.82, 2.24) is 4.90 Å². The summed E-state index contributed by atoms with van der Waals surface area (Å²) < 4.78 is 15.6. The van der Waals surface area contributed by atoms with Crippen LogP contribution in [-0.2, 0) is 14.3 Å². The van der Waals surface area contributed by atoms with Crippen molar-refractivity contribution < 1.29 is 23.8 Å². The van der Waals surface area contributed by atoms with Gasteiger partial charge in [0.15, 0.2) is 0 Å². The van der Waals surface area contributed by atoms with E-state index in [2.05, 4.69) is 4.74 Å². The second-order valence-electron chi connectivity index (χ2n) is 5.12. The van der Waals surface area contributed by atoms with Crippen molar-refractivity contribution in [3.63, 3.8) is 0 Å². The van der Waals surface area contributed by atoms with E-state index in [1.54, 1.807) is 38.5 Å². The molecule has 1 amide bonds. The van der Waals surface area contributed by atoms with Crippen LogP contribution in [0.25, 0.3) is 6.08 Å². The highest BCUT2D eigenvalue weighted by Crippen LogP contribution is 2.35. The first-order chi connectivity index (χ1) is 12.0. The lowest BCUT2D eigenvalue weighted by atomic mass is 10.1. The molecule has 1 heterocycles. The van der Waals surface area contributed by atoms with Gasteiger partial charge in [-0.05, 0) is 30.7 Å². The van der Waals surface area contributed by atoms with Gasteiger partial charge in [-0.2, -0.15) is 0 Å². The van der Waals surface area contributed by atoms with Crippen LogP contribution in [0.5, 0.6) is 11.5 Å². The van der Waals surface area contributed by atoms with Gasteiger partial charge in [0.2, 0.25) is 0 Å². The van der Waals surface area contributed by atoms with Crippen LogP contribution < -0.4 is 9.47 Å². The Morgan fingerprint density at radius 1 is 1.28 bits per heavy atom. The highest BCUT2D eigenvalue weighted by Gasteiger charge is 2.31. The largest absolute Gasteiger partial charge is 0.497 e. The van der Waals surface area contributed by atoms with Crippen molar-refractivity contribution in [2.45, 2.75) is 12.8 Å². The zero-order valence-electron chi connectivity index (χ0n) is 14.2. The number of esters is 1. The van der Waals surface area contributed by atoms with Crippen molar-refractivity contribution >= 4 is 46.3 Å². The van der Waals surface area contributed by atoms with Crippen LogP contribution in [0, 0.1) is 0 Å². The molecular formula is C17H19NO5S2. The molecule has 1 fully saturated rings. The molecular weight excluding hydrogens is 362 g/mol. The molecule has 6 nitrogen and oxygen atoms in total. The molecule has 0 bridgehead atoms. The molecule has 2 rings (SSSR count). The fraction of sp³-hybridized carbons (Fsp3) is 0.353. The second-order valence-corrected chi connectivity index (χ2v) is 6.80. The Bertz CT molecular complexity index is 717. The van der Waals surface area contributed by atoms with E-state index in [1.165, 1.54) is 23.8 Å². The summed E-state index contributed by atoms with van der Waals surface area (Å²) in [6.45, 7) is 0.381. The minimum absolute atomic E-state index is 0.176. The Hall–Kier alpha value is -2.06. The topological polar surface area (TPSA) is 65.1 Å². The molecule has 0 N–H and O–H groups in total. The molecule has 1 aromatic carbocycles. The number of methoxy groups -OCH3 is 3. The number of hydrogen-bond donors (Lipinski definition) is 0. The number of benzene rings is 1. The Morgan fingerprint density at radius 3 is 2.68 bits per heavy atom. The van der Waals surface area contributed by atoms with E-state index in [9.17, 15) is 9.59 Å². The summed E-state index contributed by atoms with van der Waals surface area (Å²) in [5, 5.41) is 0. The van der Waals surface area contributed by atoms with Crippen LogP contribution in [-0.4, -0.2) is 49.0 Å². The fourth-order valence-electron chi connectivity index (χ4n) is 2.27. The zero-order chi connectivity index (χ0) is 18.4. The molecule has 0 spiro atoms. The number of carbonyl (C=O) groups excluding carboxylic acids is 2. The molecule has 1 saturated heterocycles. The predicted molar refractivity (Wildman–Crippen MR) is 101 cm³/mol. The van der Waals surface area contributed by atoms with Gasteiger partial charge in [0.1, 0.15) is 15.8 Å². The predicted octanol–water partition coefficient (Wildman–Crippen LogP) is 2.86. The van der Waals surface area contributed by atoms with Gasteiger partial charge in [0.05, 0.1) is 26.2 Å². The third kappa shape index (κ3) is 4.73. The maximum Gasteiger partial charge on any atom is 0.305 e. The number of amides is 1. The molecule has 1 aliphatic rings. The van der Waals surface area contributed by atoms with Gasteiger partial charge in [-0.15, -0.1) is 0 Å². The second kappa shape index (κ2) is 8.87. The average Bonchev–Trinajstić information content (AvgIpc) is 2.88. The van der Waals surface area contributed by atoms with Crippen LogP contribution >= 0.6 is 24.0 Å². The molecule has 134 valence electrons. The molecule has 0 unspecified atom stereocenters. The van der Waals surface area contributed by atoms with Crippen molar-refractivity contribution in [3.05, 3.63) is 28.7 Å². The van der Waals surface area contributed by atoms with Gasteiger partial charge in [-0.1, -0.05) is 24.0 Å². The van der Waals surface area contributed by atoms with E-state index >= 15 is 0 Å². The third-order valence-corrected chi connectivity index (χ3v) is 4.97. The minimum atomic E-state index is -0.304. The number of nitrogens with zero attached hydrogens (tertiary/aromatic N) is 1. The van der Waals surface area contributed by atoms with Crippen molar-refractivity contribution in [1.29, 1.82) is 0 Å². The number of carbonyl (C=O) groups is 2. The minimum Gasteiger partial charge on any atom is -0.497 e. The Morgan fingerprint density at radius 2 is 2.04 bits per heavy atom. The van der Waals surface area contributed by atoms with E-state index in [-0.39, 0.29) is 18.3 Å². The zero-order valence-corrected chi connectivity index (χ0v) is 15.9. The maximum absolute atomic E-state index is 12.6. The standard InChI is InChI=1S/C17H19NO5S2/c1-21-12-6-7-13(22-2)11(9-12)10-14-16(20)18(17(24)25-14)8-4-5-15(19)23-3/h6-7,9-10H,4-5,8H2,1-3H3/b14-10-. The third-order valence-electron chi connectivity index (χ3n) is 3.59.